The third kappa shape index (κ3) is 9.78. The quantitative estimate of drug-likeness (QED) is 0.389. The molecule has 0 saturated heterocycles. The smallest absolute Gasteiger partial charge is 0.0213 e. The zero-order valence-electron chi connectivity index (χ0n) is 12.5. The van der Waals surface area contributed by atoms with E-state index in [1.54, 1.807) is 6.08 Å². The van der Waals surface area contributed by atoms with Crippen LogP contribution in [0.3, 0.4) is 0 Å². The van der Waals surface area contributed by atoms with Crippen LogP contribution in [0.4, 0.5) is 0 Å². The van der Waals surface area contributed by atoms with E-state index in [2.05, 4.69) is 63.0 Å². The molecule has 0 aliphatic rings. The maximum absolute atomic E-state index is 3.46. The van der Waals surface area contributed by atoms with Crippen LogP contribution in [0.25, 0.3) is 10.8 Å². The summed E-state index contributed by atoms with van der Waals surface area (Å²) >= 11 is 0. The van der Waals surface area contributed by atoms with E-state index in [9.17, 15) is 0 Å². The molecule has 0 unspecified atom stereocenters. The predicted molar refractivity (Wildman–Crippen MR) is 88.2 cm³/mol. The SMILES string of the molecule is C=CC=CC.C[SiH]C.Cc1cc2ccccc2[cH-]1.[Ti]. The van der Waals surface area contributed by atoms with Gasteiger partial charge in [0.05, 0.1) is 0 Å². The fourth-order valence-electron chi connectivity index (χ4n) is 1.44. The van der Waals surface area contributed by atoms with Gasteiger partial charge in [0.2, 0.25) is 0 Å². The summed E-state index contributed by atoms with van der Waals surface area (Å²) in [5.74, 6) is 0. The molecule has 2 aromatic rings. The second-order valence-corrected chi connectivity index (χ2v) is 5.16. The Balaban J connectivity index is 0. The summed E-state index contributed by atoms with van der Waals surface area (Å²) in [6.07, 6.45) is 5.58. The van der Waals surface area contributed by atoms with Gasteiger partial charge in [0.25, 0.3) is 0 Å². The van der Waals surface area contributed by atoms with Gasteiger partial charge in [-0.05, 0) is 6.92 Å². The van der Waals surface area contributed by atoms with Crippen molar-refractivity contribution in [3.63, 3.8) is 0 Å². The Kier molecular flexibility index (Phi) is 14.8. The van der Waals surface area contributed by atoms with Crippen molar-refractivity contribution in [2.45, 2.75) is 26.9 Å². The van der Waals surface area contributed by atoms with Gasteiger partial charge in [-0.2, -0.15) is 6.07 Å². The minimum atomic E-state index is 0. The van der Waals surface area contributed by atoms with E-state index in [4.69, 9.17) is 0 Å². The summed E-state index contributed by atoms with van der Waals surface area (Å²) < 4.78 is 0. The number of benzene rings is 1. The average Bonchev–Trinajstić information content (AvgIpc) is 2.72. The molecule has 0 aliphatic carbocycles. The third-order valence-corrected chi connectivity index (χ3v) is 2.09. The van der Waals surface area contributed by atoms with Gasteiger partial charge < -0.3 is 0 Å². The summed E-state index contributed by atoms with van der Waals surface area (Å²) in [5.41, 5.74) is 1.35. The maximum atomic E-state index is 3.46. The van der Waals surface area contributed by atoms with Crippen LogP contribution >= 0.6 is 0 Å². The van der Waals surface area contributed by atoms with Crippen molar-refractivity contribution in [1.29, 1.82) is 0 Å². The van der Waals surface area contributed by atoms with Crippen molar-refractivity contribution < 1.29 is 21.7 Å². The van der Waals surface area contributed by atoms with Crippen LogP contribution in [0, 0.1) is 6.92 Å². The van der Waals surface area contributed by atoms with Gasteiger partial charge in [0.1, 0.15) is 0 Å². The summed E-state index contributed by atoms with van der Waals surface area (Å²) in [6.45, 7) is 12.0. The minimum absolute atomic E-state index is 0. The van der Waals surface area contributed by atoms with Crippen molar-refractivity contribution in [1.82, 2.24) is 0 Å². The topological polar surface area (TPSA) is 0 Å². The van der Waals surface area contributed by atoms with Gasteiger partial charge in [-0.3, -0.25) is 0 Å². The molecule has 0 saturated carbocycles. The Morgan fingerprint density at radius 3 is 2.21 bits per heavy atom. The van der Waals surface area contributed by atoms with Gasteiger partial charge in [-0.15, -0.1) is 40.6 Å². The number of hydrogen-bond donors (Lipinski definition) is 0. The molecule has 0 heterocycles. The van der Waals surface area contributed by atoms with E-state index < -0.39 is 0 Å². The molecule has 0 spiro atoms. The van der Waals surface area contributed by atoms with Crippen molar-refractivity contribution in [2.24, 2.45) is 0 Å². The fraction of sp³-hybridized carbons (Fsp3) is 0.235. The second kappa shape index (κ2) is 13.7. The number of fused-ring (bicyclic) bond motifs is 1. The minimum Gasteiger partial charge on any atom is -0.165 e. The van der Waals surface area contributed by atoms with E-state index >= 15 is 0 Å². The Labute approximate surface area is 135 Å². The zero-order chi connectivity index (χ0) is 13.8. The number of rotatable bonds is 1. The standard InChI is InChI=1S/C10H9.C5H8.C2H7Si.Ti/c1-8-6-9-4-2-3-5-10(9)7-8;1-3-5-4-2;1-3-2;/h2-7H,1H3;3-5H,1H2,2H3;3H,1-2H3;/q-1;;;. The van der Waals surface area contributed by atoms with Crippen molar-refractivity contribution >= 4 is 20.3 Å². The molecule has 0 atom stereocenters. The van der Waals surface area contributed by atoms with E-state index in [0.29, 0.717) is 0 Å². The molecule has 2 aromatic carbocycles. The van der Waals surface area contributed by atoms with Gasteiger partial charge in [0.15, 0.2) is 0 Å². The second-order valence-electron chi connectivity index (χ2n) is 4.00. The molecule has 0 aromatic heterocycles. The van der Waals surface area contributed by atoms with Crippen LogP contribution in [-0.4, -0.2) is 9.52 Å². The number of allylic oxidation sites excluding steroid dienone is 3. The molecule has 2 heteroatoms. The fourth-order valence-corrected chi connectivity index (χ4v) is 1.44. The Hall–Kier alpha value is -0.759. The van der Waals surface area contributed by atoms with Crippen LogP contribution in [0.1, 0.15) is 12.5 Å². The van der Waals surface area contributed by atoms with Crippen LogP contribution in [0.5, 0.6) is 0 Å². The molecule has 1 radical (unpaired) electrons. The average molecular weight is 304 g/mol. The monoisotopic (exact) mass is 304 g/mol. The van der Waals surface area contributed by atoms with Gasteiger partial charge in [0, 0.05) is 31.2 Å². The number of hydrogen-bond acceptors (Lipinski definition) is 0. The Bertz CT molecular complexity index is 436. The normalized spacial score (nSPS) is 8.84. The Morgan fingerprint density at radius 1 is 1.21 bits per heavy atom. The molecule has 0 aliphatic heterocycles. The maximum Gasteiger partial charge on any atom is 0.0213 e. The van der Waals surface area contributed by atoms with Gasteiger partial charge >= 0.3 is 0 Å². The van der Waals surface area contributed by atoms with Crippen LogP contribution in [0.2, 0.25) is 13.1 Å². The first kappa shape index (κ1) is 20.6. The summed E-state index contributed by atoms with van der Waals surface area (Å²) in [4.78, 5) is 0. The summed E-state index contributed by atoms with van der Waals surface area (Å²) in [5, 5.41) is 2.69. The molecule has 0 N–H and O–H groups in total. The molecule has 0 amide bonds. The molecule has 0 nitrogen and oxygen atoms in total. The van der Waals surface area contributed by atoms with Crippen molar-refractivity contribution in [3.05, 3.63) is 66.8 Å². The van der Waals surface area contributed by atoms with Crippen LogP contribution in [-0.2, 0) is 21.7 Å². The zero-order valence-corrected chi connectivity index (χ0v) is 15.2. The first-order valence-corrected chi connectivity index (χ1v) is 8.60. The van der Waals surface area contributed by atoms with E-state index in [0.717, 1.165) is 9.52 Å². The molecule has 2 rings (SSSR count). The molecule has 0 fully saturated rings. The number of aryl methyl sites for hydroxylation is 1. The van der Waals surface area contributed by atoms with E-state index in [1.165, 1.54) is 16.3 Å². The molecular weight excluding hydrogens is 280 g/mol. The summed E-state index contributed by atoms with van der Waals surface area (Å²) in [7, 11) is 0.750. The first-order chi connectivity index (χ1) is 8.69. The van der Waals surface area contributed by atoms with Crippen molar-refractivity contribution in [3.8, 4) is 0 Å². The largest absolute Gasteiger partial charge is 0.165 e. The third-order valence-electron chi connectivity index (χ3n) is 2.09. The molecule has 0 bridgehead atoms. The van der Waals surface area contributed by atoms with E-state index in [1.807, 2.05) is 19.1 Å². The van der Waals surface area contributed by atoms with Crippen molar-refractivity contribution in [2.75, 3.05) is 0 Å². The van der Waals surface area contributed by atoms with Gasteiger partial charge in [-0.25, -0.2) is 0 Å². The molecule has 19 heavy (non-hydrogen) atoms. The van der Waals surface area contributed by atoms with Gasteiger partial charge in [-0.1, -0.05) is 50.9 Å². The predicted octanol–water partition coefficient (Wildman–Crippen LogP) is 5.13. The first-order valence-electron chi connectivity index (χ1n) is 6.29. The Morgan fingerprint density at radius 2 is 1.79 bits per heavy atom. The van der Waals surface area contributed by atoms with Crippen LogP contribution < -0.4 is 0 Å². The molecular formula is C17H24SiTi-. The van der Waals surface area contributed by atoms with E-state index in [-0.39, 0.29) is 21.7 Å². The molecule has 101 valence electrons. The van der Waals surface area contributed by atoms with Crippen LogP contribution in [0.15, 0.2) is 61.2 Å². The summed E-state index contributed by atoms with van der Waals surface area (Å²) in [6, 6.07) is 12.8.